The maximum atomic E-state index is 13.1. The molecule has 8 heteroatoms. The maximum absolute atomic E-state index is 13.1. The number of carbonyl (C=O) groups is 1. The number of benzene rings is 2. The zero-order valence-electron chi connectivity index (χ0n) is 16.2. The molecule has 3 rings (SSSR count). The molecule has 2 aromatic carbocycles. The molecule has 0 bridgehead atoms. The molecule has 0 fully saturated rings. The summed E-state index contributed by atoms with van der Waals surface area (Å²) < 4.78 is 39.3. The standard InChI is InChI=1S/C21H20F3N3OS/c1-12-8-9-15(10-13(12)2)14(3)25-18(28)11-29-19-16-6-4-5-7-17(16)26-20(27-19)21(22,23)24/h4-10,14H,11H2,1-3H3,(H,25,28). The van der Waals surface area contributed by atoms with Crippen LogP contribution in [0.1, 0.15) is 35.5 Å². The average molecular weight is 419 g/mol. The Balaban J connectivity index is 1.74. The lowest BCUT2D eigenvalue weighted by Crippen LogP contribution is -2.28. The van der Waals surface area contributed by atoms with Crippen molar-refractivity contribution in [3.05, 3.63) is 65.0 Å². The fraction of sp³-hybridized carbons (Fsp3) is 0.286. The van der Waals surface area contributed by atoms with Crippen molar-refractivity contribution in [2.75, 3.05) is 5.75 Å². The van der Waals surface area contributed by atoms with Gasteiger partial charge >= 0.3 is 6.18 Å². The van der Waals surface area contributed by atoms with Gasteiger partial charge in [0.2, 0.25) is 11.7 Å². The van der Waals surface area contributed by atoms with Crippen LogP contribution in [0.3, 0.4) is 0 Å². The van der Waals surface area contributed by atoms with Gasteiger partial charge in [0, 0.05) is 5.39 Å². The number of aryl methyl sites for hydroxylation is 2. The lowest BCUT2D eigenvalue weighted by atomic mass is 10.0. The number of nitrogens with zero attached hydrogens (tertiary/aromatic N) is 2. The first kappa shape index (κ1) is 21.1. The number of nitrogens with one attached hydrogen (secondary N) is 1. The van der Waals surface area contributed by atoms with Crippen molar-refractivity contribution in [1.29, 1.82) is 0 Å². The molecule has 3 aromatic rings. The summed E-state index contributed by atoms with van der Waals surface area (Å²) in [6.45, 7) is 5.89. The van der Waals surface area contributed by atoms with E-state index in [1.807, 2.05) is 39.0 Å². The predicted octanol–water partition coefficient (Wildman–Crippen LogP) is 5.23. The van der Waals surface area contributed by atoms with Crippen LogP contribution in [-0.4, -0.2) is 21.6 Å². The van der Waals surface area contributed by atoms with E-state index in [2.05, 4.69) is 15.3 Å². The van der Waals surface area contributed by atoms with Crippen molar-refractivity contribution in [3.8, 4) is 0 Å². The Labute approximate surface area is 170 Å². The highest BCUT2D eigenvalue weighted by Gasteiger charge is 2.35. The third kappa shape index (κ3) is 5.06. The van der Waals surface area contributed by atoms with Crippen molar-refractivity contribution in [3.63, 3.8) is 0 Å². The molecule has 0 radical (unpaired) electrons. The van der Waals surface area contributed by atoms with Gasteiger partial charge in [-0.2, -0.15) is 13.2 Å². The number of halogens is 3. The van der Waals surface area contributed by atoms with Crippen LogP contribution in [0, 0.1) is 13.8 Å². The van der Waals surface area contributed by atoms with Crippen LogP contribution in [0.4, 0.5) is 13.2 Å². The van der Waals surface area contributed by atoms with Gasteiger partial charge in [-0.05, 0) is 43.5 Å². The summed E-state index contributed by atoms with van der Waals surface area (Å²) in [5.41, 5.74) is 3.46. The van der Waals surface area contributed by atoms with Crippen LogP contribution >= 0.6 is 11.8 Å². The zero-order valence-corrected chi connectivity index (χ0v) is 17.0. The van der Waals surface area contributed by atoms with E-state index in [9.17, 15) is 18.0 Å². The van der Waals surface area contributed by atoms with Gasteiger partial charge in [-0.3, -0.25) is 4.79 Å². The number of carbonyl (C=O) groups excluding carboxylic acids is 1. The number of hydrogen-bond donors (Lipinski definition) is 1. The average Bonchev–Trinajstić information content (AvgIpc) is 2.67. The number of fused-ring (bicyclic) bond motifs is 1. The van der Waals surface area contributed by atoms with E-state index >= 15 is 0 Å². The Kier molecular flexibility index (Phi) is 6.12. The number of alkyl halides is 3. The molecule has 0 saturated carbocycles. The van der Waals surface area contributed by atoms with E-state index in [1.54, 1.807) is 18.2 Å². The quantitative estimate of drug-likeness (QED) is 0.454. The third-order valence-corrected chi connectivity index (χ3v) is 5.56. The fourth-order valence-corrected chi connectivity index (χ4v) is 3.65. The molecule has 1 heterocycles. The molecule has 0 spiro atoms. The number of thioether (sulfide) groups is 1. The summed E-state index contributed by atoms with van der Waals surface area (Å²) in [5.74, 6) is -1.53. The summed E-state index contributed by atoms with van der Waals surface area (Å²) in [5, 5.41) is 3.50. The first-order valence-corrected chi connectivity index (χ1v) is 9.97. The first-order chi connectivity index (χ1) is 13.6. The van der Waals surface area contributed by atoms with Gasteiger partial charge in [0.1, 0.15) is 5.03 Å². The molecule has 1 N–H and O–H groups in total. The summed E-state index contributed by atoms with van der Waals surface area (Å²) in [6.07, 6.45) is -4.65. The molecule has 4 nitrogen and oxygen atoms in total. The SMILES string of the molecule is Cc1ccc(C(C)NC(=O)CSc2nc(C(F)(F)F)nc3ccccc23)cc1C. The van der Waals surface area contributed by atoms with E-state index in [-0.39, 0.29) is 28.2 Å². The van der Waals surface area contributed by atoms with Crippen molar-refractivity contribution in [1.82, 2.24) is 15.3 Å². The van der Waals surface area contributed by atoms with Gasteiger partial charge in [0.15, 0.2) is 0 Å². The Bertz CT molecular complexity index is 1050. The second kappa shape index (κ2) is 8.41. The lowest BCUT2D eigenvalue weighted by Gasteiger charge is -2.16. The number of aromatic nitrogens is 2. The number of para-hydroxylation sites is 1. The Morgan fingerprint density at radius 1 is 1.10 bits per heavy atom. The normalized spacial score (nSPS) is 12.8. The van der Waals surface area contributed by atoms with E-state index < -0.39 is 12.0 Å². The Morgan fingerprint density at radius 2 is 1.83 bits per heavy atom. The predicted molar refractivity (Wildman–Crippen MR) is 108 cm³/mol. The number of hydrogen-bond acceptors (Lipinski definition) is 4. The molecular formula is C21H20F3N3OS. The monoisotopic (exact) mass is 419 g/mol. The first-order valence-electron chi connectivity index (χ1n) is 8.98. The number of amides is 1. The molecular weight excluding hydrogens is 399 g/mol. The van der Waals surface area contributed by atoms with Gasteiger partial charge in [0.25, 0.3) is 0 Å². The van der Waals surface area contributed by atoms with Crippen LogP contribution in [-0.2, 0) is 11.0 Å². The number of rotatable bonds is 5. The Morgan fingerprint density at radius 3 is 2.52 bits per heavy atom. The van der Waals surface area contributed by atoms with E-state index in [1.165, 1.54) is 11.6 Å². The van der Waals surface area contributed by atoms with Crippen LogP contribution in [0.2, 0.25) is 0 Å². The minimum atomic E-state index is -4.65. The topological polar surface area (TPSA) is 54.9 Å². The van der Waals surface area contributed by atoms with Crippen molar-refractivity contribution in [2.45, 2.75) is 38.0 Å². The highest BCUT2D eigenvalue weighted by Crippen LogP contribution is 2.32. The summed E-state index contributed by atoms with van der Waals surface area (Å²) in [7, 11) is 0. The minimum absolute atomic E-state index is 0.0481. The zero-order chi connectivity index (χ0) is 21.2. The van der Waals surface area contributed by atoms with E-state index in [0.717, 1.165) is 22.9 Å². The van der Waals surface area contributed by atoms with E-state index in [0.29, 0.717) is 5.39 Å². The van der Waals surface area contributed by atoms with Gasteiger partial charge in [-0.25, -0.2) is 9.97 Å². The van der Waals surface area contributed by atoms with Crippen molar-refractivity contribution < 1.29 is 18.0 Å². The van der Waals surface area contributed by atoms with Crippen LogP contribution in [0.15, 0.2) is 47.5 Å². The highest BCUT2D eigenvalue weighted by molar-refractivity contribution is 8.00. The minimum Gasteiger partial charge on any atom is -0.349 e. The van der Waals surface area contributed by atoms with Crippen molar-refractivity contribution in [2.24, 2.45) is 0 Å². The van der Waals surface area contributed by atoms with Gasteiger partial charge in [0.05, 0.1) is 17.3 Å². The second-order valence-electron chi connectivity index (χ2n) is 6.79. The molecule has 1 amide bonds. The van der Waals surface area contributed by atoms with Gasteiger partial charge < -0.3 is 5.32 Å². The molecule has 0 aliphatic heterocycles. The second-order valence-corrected chi connectivity index (χ2v) is 7.75. The molecule has 0 saturated heterocycles. The Hall–Kier alpha value is -2.61. The van der Waals surface area contributed by atoms with Crippen LogP contribution in [0.5, 0.6) is 0 Å². The smallest absolute Gasteiger partial charge is 0.349 e. The lowest BCUT2D eigenvalue weighted by molar-refractivity contribution is -0.145. The molecule has 152 valence electrons. The summed E-state index contributed by atoms with van der Waals surface area (Å²) in [4.78, 5) is 19.6. The van der Waals surface area contributed by atoms with Crippen molar-refractivity contribution >= 4 is 28.6 Å². The third-order valence-electron chi connectivity index (χ3n) is 4.57. The molecule has 29 heavy (non-hydrogen) atoms. The van der Waals surface area contributed by atoms with Crippen LogP contribution in [0.25, 0.3) is 10.9 Å². The fourth-order valence-electron chi connectivity index (χ4n) is 2.82. The van der Waals surface area contributed by atoms with E-state index in [4.69, 9.17) is 0 Å². The molecule has 1 atom stereocenters. The summed E-state index contributed by atoms with van der Waals surface area (Å²) in [6, 6.07) is 12.2. The summed E-state index contributed by atoms with van der Waals surface area (Å²) >= 11 is 0.968. The molecule has 0 aliphatic carbocycles. The molecule has 0 aliphatic rings. The largest absolute Gasteiger partial charge is 0.451 e. The molecule has 1 unspecified atom stereocenters. The molecule has 1 aromatic heterocycles. The van der Waals surface area contributed by atoms with Crippen LogP contribution < -0.4 is 5.32 Å². The van der Waals surface area contributed by atoms with Gasteiger partial charge in [-0.15, -0.1) is 0 Å². The van der Waals surface area contributed by atoms with Gasteiger partial charge in [-0.1, -0.05) is 48.2 Å². The highest BCUT2D eigenvalue weighted by atomic mass is 32.2. The maximum Gasteiger partial charge on any atom is 0.451 e.